The zero-order chi connectivity index (χ0) is 18.6. The molecule has 1 fully saturated rings. The van der Waals surface area contributed by atoms with Gasteiger partial charge in [0.05, 0.1) is 19.8 Å². The maximum Gasteiger partial charge on any atom is 0.119 e. The number of halogens is 1. The SMILES string of the molecule is COc1ccc2c(c1)C(CN1CCC(OCc3ccccc3Cl)CC1)CC2. The summed E-state index contributed by atoms with van der Waals surface area (Å²) in [5.41, 5.74) is 4.07. The fourth-order valence-electron chi connectivity index (χ4n) is 4.38. The monoisotopic (exact) mass is 385 g/mol. The minimum Gasteiger partial charge on any atom is -0.497 e. The van der Waals surface area contributed by atoms with Crippen LogP contribution in [0.15, 0.2) is 42.5 Å². The lowest BCUT2D eigenvalue weighted by Gasteiger charge is -2.33. The highest BCUT2D eigenvalue weighted by atomic mass is 35.5. The minimum atomic E-state index is 0.341. The average Bonchev–Trinajstić information content (AvgIpc) is 3.10. The number of methoxy groups -OCH3 is 1. The van der Waals surface area contributed by atoms with Crippen molar-refractivity contribution in [3.05, 3.63) is 64.2 Å². The Morgan fingerprint density at radius 2 is 1.89 bits per heavy atom. The maximum atomic E-state index is 6.23. The van der Waals surface area contributed by atoms with Gasteiger partial charge in [-0.3, -0.25) is 0 Å². The van der Waals surface area contributed by atoms with Gasteiger partial charge in [-0.05, 0) is 66.5 Å². The summed E-state index contributed by atoms with van der Waals surface area (Å²) < 4.78 is 11.6. The van der Waals surface area contributed by atoms with Gasteiger partial charge in [0.25, 0.3) is 0 Å². The van der Waals surface area contributed by atoms with Crippen molar-refractivity contribution in [3.8, 4) is 5.75 Å². The van der Waals surface area contributed by atoms with Gasteiger partial charge in [0.15, 0.2) is 0 Å². The predicted octanol–water partition coefficient (Wildman–Crippen LogP) is 5.06. The summed E-state index contributed by atoms with van der Waals surface area (Å²) in [4.78, 5) is 2.61. The van der Waals surface area contributed by atoms with Crippen molar-refractivity contribution in [3.63, 3.8) is 0 Å². The molecule has 0 amide bonds. The van der Waals surface area contributed by atoms with E-state index in [0.29, 0.717) is 18.6 Å². The molecule has 3 nitrogen and oxygen atoms in total. The summed E-state index contributed by atoms with van der Waals surface area (Å²) in [5.74, 6) is 1.61. The topological polar surface area (TPSA) is 21.7 Å². The summed E-state index contributed by atoms with van der Waals surface area (Å²) in [6.07, 6.45) is 4.99. The van der Waals surface area contributed by atoms with Gasteiger partial charge in [0.1, 0.15) is 5.75 Å². The lowest BCUT2D eigenvalue weighted by molar-refractivity contribution is -0.00338. The fourth-order valence-corrected chi connectivity index (χ4v) is 4.57. The number of fused-ring (bicyclic) bond motifs is 1. The second kappa shape index (κ2) is 8.64. The molecule has 0 aromatic heterocycles. The molecule has 27 heavy (non-hydrogen) atoms. The van der Waals surface area contributed by atoms with Gasteiger partial charge in [-0.1, -0.05) is 35.9 Å². The lowest BCUT2D eigenvalue weighted by Crippen LogP contribution is -2.39. The predicted molar refractivity (Wildman–Crippen MR) is 110 cm³/mol. The van der Waals surface area contributed by atoms with E-state index in [-0.39, 0.29) is 0 Å². The molecule has 2 aromatic rings. The number of hydrogen-bond acceptors (Lipinski definition) is 3. The number of aryl methyl sites for hydroxylation is 1. The molecule has 4 heteroatoms. The molecule has 1 atom stereocenters. The zero-order valence-corrected chi connectivity index (χ0v) is 16.8. The van der Waals surface area contributed by atoms with E-state index in [1.165, 1.54) is 24.0 Å². The highest BCUT2D eigenvalue weighted by Crippen LogP contribution is 2.36. The summed E-state index contributed by atoms with van der Waals surface area (Å²) >= 11 is 6.23. The van der Waals surface area contributed by atoms with Gasteiger partial charge >= 0.3 is 0 Å². The number of ether oxygens (including phenoxy) is 2. The van der Waals surface area contributed by atoms with Gasteiger partial charge in [0, 0.05) is 24.7 Å². The van der Waals surface area contributed by atoms with Crippen LogP contribution in [-0.2, 0) is 17.8 Å². The van der Waals surface area contributed by atoms with Crippen LogP contribution in [-0.4, -0.2) is 37.7 Å². The van der Waals surface area contributed by atoms with Crippen LogP contribution >= 0.6 is 11.6 Å². The molecule has 4 rings (SSSR count). The smallest absolute Gasteiger partial charge is 0.119 e. The highest BCUT2D eigenvalue weighted by Gasteiger charge is 2.27. The molecular formula is C23H28ClNO2. The first-order valence-electron chi connectivity index (χ1n) is 9.97. The second-order valence-corrected chi connectivity index (χ2v) is 8.11. The molecule has 1 unspecified atom stereocenters. The molecule has 0 bridgehead atoms. The Morgan fingerprint density at radius 3 is 2.67 bits per heavy atom. The van der Waals surface area contributed by atoms with Crippen LogP contribution < -0.4 is 4.74 Å². The van der Waals surface area contributed by atoms with E-state index in [9.17, 15) is 0 Å². The molecule has 1 saturated heterocycles. The third-order valence-corrected chi connectivity index (χ3v) is 6.37. The summed E-state index contributed by atoms with van der Waals surface area (Å²) in [6, 6.07) is 14.5. The normalized spacial score (nSPS) is 20.6. The zero-order valence-electron chi connectivity index (χ0n) is 16.0. The Balaban J connectivity index is 1.27. The first-order chi connectivity index (χ1) is 13.2. The van der Waals surface area contributed by atoms with E-state index in [4.69, 9.17) is 21.1 Å². The van der Waals surface area contributed by atoms with E-state index >= 15 is 0 Å². The molecule has 2 aromatic carbocycles. The van der Waals surface area contributed by atoms with Crippen LogP contribution in [0.5, 0.6) is 5.75 Å². The van der Waals surface area contributed by atoms with Crippen LogP contribution in [0.1, 0.15) is 41.9 Å². The largest absolute Gasteiger partial charge is 0.497 e. The molecule has 1 aliphatic carbocycles. The van der Waals surface area contributed by atoms with Crippen molar-refractivity contribution in [1.82, 2.24) is 4.90 Å². The van der Waals surface area contributed by atoms with Gasteiger partial charge in [-0.15, -0.1) is 0 Å². The first kappa shape index (κ1) is 18.8. The standard InChI is InChI=1S/C23H28ClNO2/c1-26-21-9-8-17-6-7-18(22(17)14-21)15-25-12-10-20(11-13-25)27-16-19-4-2-3-5-23(19)24/h2-5,8-9,14,18,20H,6-7,10-13,15-16H2,1H3. The van der Waals surface area contributed by atoms with Crippen LogP contribution in [0.2, 0.25) is 5.02 Å². The Morgan fingerprint density at radius 1 is 1.07 bits per heavy atom. The van der Waals surface area contributed by atoms with Crippen molar-refractivity contribution in [2.45, 2.75) is 44.3 Å². The third kappa shape index (κ3) is 4.48. The van der Waals surface area contributed by atoms with E-state index < -0.39 is 0 Å². The van der Waals surface area contributed by atoms with Crippen LogP contribution in [0, 0.1) is 0 Å². The molecule has 0 spiro atoms. The van der Waals surface area contributed by atoms with Gasteiger partial charge in [-0.25, -0.2) is 0 Å². The third-order valence-electron chi connectivity index (χ3n) is 6.00. The van der Waals surface area contributed by atoms with Gasteiger partial charge in [-0.2, -0.15) is 0 Å². The molecule has 1 heterocycles. The number of rotatable bonds is 6. The van der Waals surface area contributed by atoms with E-state index in [1.54, 1.807) is 7.11 Å². The number of benzene rings is 2. The Hall–Kier alpha value is -1.55. The van der Waals surface area contributed by atoms with Gasteiger partial charge in [0.2, 0.25) is 0 Å². The highest BCUT2D eigenvalue weighted by molar-refractivity contribution is 6.31. The van der Waals surface area contributed by atoms with Crippen molar-refractivity contribution in [2.24, 2.45) is 0 Å². The van der Waals surface area contributed by atoms with Crippen molar-refractivity contribution >= 4 is 11.6 Å². The quantitative estimate of drug-likeness (QED) is 0.693. The number of piperidine rings is 1. The Kier molecular flexibility index (Phi) is 6.01. The Labute approximate surface area is 167 Å². The van der Waals surface area contributed by atoms with Crippen molar-refractivity contribution < 1.29 is 9.47 Å². The Bertz CT molecular complexity index is 771. The molecule has 2 aliphatic rings. The number of nitrogens with zero attached hydrogens (tertiary/aromatic N) is 1. The second-order valence-electron chi connectivity index (χ2n) is 7.70. The molecule has 0 N–H and O–H groups in total. The molecule has 0 saturated carbocycles. The maximum absolute atomic E-state index is 6.23. The first-order valence-corrected chi connectivity index (χ1v) is 10.3. The fraction of sp³-hybridized carbons (Fsp3) is 0.478. The van der Waals surface area contributed by atoms with Crippen LogP contribution in [0.3, 0.4) is 0 Å². The number of likely N-dealkylation sites (tertiary alicyclic amines) is 1. The van der Waals surface area contributed by atoms with Gasteiger partial charge < -0.3 is 14.4 Å². The van der Waals surface area contributed by atoms with Crippen LogP contribution in [0.4, 0.5) is 0 Å². The molecule has 1 aliphatic heterocycles. The van der Waals surface area contributed by atoms with E-state index in [2.05, 4.69) is 23.1 Å². The molecular weight excluding hydrogens is 358 g/mol. The van der Waals surface area contributed by atoms with E-state index in [1.807, 2.05) is 24.3 Å². The lowest BCUT2D eigenvalue weighted by atomic mass is 9.98. The summed E-state index contributed by atoms with van der Waals surface area (Å²) in [5, 5.41) is 0.797. The van der Waals surface area contributed by atoms with E-state index in [0.717, 1.165) is 48.8 Å². The van der Waals surface area contributed by atoms with Crippen molar-refractivity contribution in [1.29, 1.82) is 0 Å². The summed E-state index contributed by atoms with van der Waals surface area (Å²) in [7, 11) is 1.75. The number of hydrogen-bond donors (Lipinski definition) is 0. The summed E-state index contributed by atoms with van der Waals surface area (Å²) in [6.45, 7) is 3.99. The van der Waals surface area contributed by atoms with Crippen LogP contribution in [0.25, 0.3) is 0 Å². The molecule has 0 radical (unpaired) electrons. The molecule has 144 valence electrons. The van der Waals surface area contributed by atoms with Crippen molar-refractivity contribution in [2.75, 3.05) is 26.7 Å². The average molecular weight is 386 g/mol. The minimum absolute atomic E-state index is 0.341.